The molecule has 0 bridgehead atoms. The van der Waals surface area contributed by atoms with Crippen LogP contribution in [-0.2, 0) is 11.2 Å². The molecule has 0 heterocycles. The van der Waals surface area contributed by atoms with Gasteiger partial charge in [-0.05, 0) is 44.7 Å². The molecule has 1 rings (SSSR count). The molecule has 19 heavy (non-hydrogen) atoms. The van der Waals surface area contributed by atoms with E-state index < -0.39 is 0 Å². The van der Waals surface area contributed by atoms with Gasteiger partial charge >= 0.3 is 0 Å². The third-order valence-electron chi connectivity index (χ3n) is 3.35. The van der Waals surface area contributed by atoms with Crippen LogP contribution in [0, 0.1) is 6.92 Å². The van der Waals surface area contributed by atoms with Gasteiger partial charge in [0.25, 0.3) is 0 Å². The van der Waals surface area contributed by atoms with Crippen LogP contribution in [0.1, 0.15) is 37.8 Å². The molecule has 0 aliphatic heterocycles. The average Bonchev–Trinajstić information content (AvgIpc) is 2.38. The molecule has 0 radical (unpaired) electrons. The maximum Gasteiger partial charge on any atom is 0.223 e. The van der Waals surface area contributed by atoms with E-state index in [1.54, 1.807) is 0 Å². The van der Waals surface area contributed by atoms with Crippen LogP contribution < -0.4 is 0 Å². The van der Waals surface area contributed by atoms with Crippen LogP contribution in [0.3, 0.4) is 0 Å². The zero-order chi connectivity index (χ0) is 14.3. The molecule has 0 spiro atoms. The quantitative estimate of drug-likeness (QED) is 0.695. The number of rotatable bonds is 7. The Morgan fingerprint density at radius 3 is 2.58 bits per heavy atom. The van der Waals surface area contributed by atoms with Crippen molar-refractivity contribution < 1.29 is 4.79 Å². The minimum atomic E-state index is 0.263. The normalized spacial score (nSPS) is 10.8. The Balaban J connectivity index is 2.55. The summed E-state index contributed by atoms with van der Waals surface area (Å²) in [6, 6.07) is 8.57. The summed E-state index contributed by atoms with van der Waals surface area (Å²) in [6.45, 7) is 7.11. The van der Waals surface area contributed by atoms with Gasteiger partial charge in [-0.25, -0.2) is 0 Å². The molecule has 1 aromatic rings. The number of aryl methyl sites for hydroxylation is 2. The van der Waals surface area contributed by atoms with Crippen molar-refractivity contribution in [1.82, 2.24) is 4.90 Å². The lowest BCUT2D eigenvalue weighted by Crippen LogP contribution is -2.38. The van der Waals surface area contributed by atoms with Crippen molar-refractivity contribution >= 4 is 21.8 Å². The first-order valence-corrected chi connectivity index (χ1v) is 8.08. The summed E-state index contributed by atoms with van der Waals surface area (Å²) in [5.74, 6) is 0.263. The minimum Gasteiger partial charge on any atom is -0.340 e. The summed E-state index contributed by atoms with van der Waals surface area (Å²) in [4.78, 5) is 14.3. The number of carbonyl (C=O) groups is 1. The van der Waals surface area contributed by atoms with Crippen LogP contribution in [0.4, 0.5) is 0 Å². The van der Waals surface area contributed by atoms with Gasteiger partial charge in [0, 0.05) is 24.3 Å². The van der Waals surface area contributed by atoms with Crippen LogP contribution in [0.5, 0.6) is 0 Å². The van der Waals surface area contributed by atoms with E-state index in [2.05, 4.69) is 48.8 Å². The molecule has 0 saturated carbocycles. The number of amides is 1. The van der Waals surface area contributed by atoms with Gasteiger partial charge in [-0.3, -0.25) is 4.79 Å². The molecule has 0 N–H and O–H groups in total. The summed E-state index contributed by atoms with van der Waals surface area (Å²) in [7, 11) is 0. The topological polar surface area (TPSA) is 20.3 Å². The molecule has 0 unspecified atom stereocenters. The second-order valence-corrected chi connectivity index (χ2v) is 5.94. The minimum absolute atomic E-state index is 0.263. The van der Waals surface area contributed by atoms with E-state index >= 15 is 0 Å². The monoisotopic (exact) mass is 325 g/mol. The smallest absolute Gasteiger partial charge is 0.223 e. The molecule has 0 fully saturated rings. The number of hydrogen-bond acceptors (Lipinski definition) is 1. The third-order valence-corrected chi connectivity index (χ3v) is 3.91. The van der Waals surface area contributed by atoms with Gasteiger partial charge in [-0.2, -0.15) is 0 Å². The van der Waals surface area contributed by atoms with E-state index in [0.717, 1.165) is 24.7 Å². The van der Waals surface area contributed by atoms with Gasteiger partial charge in [-0.1, -0.05) is 40.2 Å². The fourth-order valence-corrected chi connectivity index (χ4v) is 2.43. The van der Waals surface area contributed by atoms with Gasteiger partial charge in [0.15, 0.2) is 0 Å². The Kier molecular flexibility index (Phi) is 7.14. The summed E-state index contributed by atoms with van der Waals surface area (Å²) < 4.78 is 0. The molecule has 0 aliphatic rings. The highest BCUT2D eigenvalue weighted by molar-refractivity contribution is 9.09. The summed E-state index contributed by atoms with van der Waals surface area (Å²) in [5, 5.41) is 0.946. The first-order chi connectivity index (χ1) is 9.06. The Bertz CT molecular complexity index is 403. The van der Waals surface area contributed by atoms with E-state index in [1.165, 1.54) is 11.1 Å². The molecule has 1 amide bonds. The summed E-state index contributed by atoms with van der Waals surface area (Å²) in [6.07, 6.45) is 2.45. The molecule has 0 saturated heterocycles. The number of hydrogen-bond donors (Lipinski definition) is 0. The zero-order valence-corrected chi connectivity index (χ0v) is 13.7. The third kappa shape index (κ3) is 5.35. The zero-order valence-electron chi connectivity index (χ0n) is 12.2. The van der Waals surface area contributed by atoms with Crippen LogP contribution in [0.25, 0.3) is 0 Å². The highest BCUT2D eigenvalue weighted by Crippen LogP contribution is 2.12. The van der Waals surface area contributed by atoms with E-state index in [9.17, 15) is 4.79 Å². The van der Waals surface area contributed by atoms with E-state index in [4.69, 9.17) is 0 Å². The van der Waals surface area contributed by atoms with Crippen molar-refractivity contribution in [2.75, 3.05) is 11.9 Å². The van der Waals surface area contributed by atoms with Crippen LogP contribution in [-0.4, -0.2) is 28.7 Å². The maximum atomic E-state index is 12.3. The lowest BCUT2D eigenvalue weighted by atomic mass is 10.0. The van der Waals surface area contributed by atoms with Gasteiger partial charge in [0.2, 0.25) is 5.91 Å². The summed E-state index contributed by atoms with van der Waals surface area (Å²) in [5.41, 5.74) is 2.55. The van der Waals surface area contributed by atoms with E-state index in [-0.39, 0.29) is 11.9 Å². The SMILES string of the molecule is Cc1ccccc1CCC(=O)N(CCCBr)C(C)C. The molecule has 1 aromatic carbocycles. The Morgan fingerprint density at radius 2 is 2.00 bits per heavy atom. The maximum absolute atomic E-state index is 12.3. The van der Waals surface area contributed by atoms with Crippen LogP contribution >= 0.6 is 15.9 Å². The van der Waals surface area contributed by atoms with Crippen molar-refractivity contribution in [2.45, 2.75) is 46.1 Å². The first kappa shape index (κ1) is 16.2. The fraction of sp³-hybridized carbons (Fsp3) is 0.562. The van der Waals surface area contributed by atoms with Crippen molar-refractivity contribution in [3.63, 3.8) is 0 Å². The molecular formula is C16H24BrNO. The van der Waals surface area contributed by atoms with Crippen molar-refractivity contribution in [3.05, 3.63) is 35.4 Å². The number of benzene rings is 1. The highest BCUT2D eigenvalue weighted by atomic mass is 79.9. The number of nitrogens with zero attached hydrogens (tertiary/aromatic N) is 1. The van der Waals surface area contributed by atoms with E-state index in [0.29, 0.717) is 6.42 Å². The van der Waals surface area contributed by atoms with Crippen molar-refractivity contribution in [1.29, 1.82) is 0 Å². The molecular weight excluding hydrogens is 302 g/mol. The van der Waals surface area contributed by atoms with Gasteiger partial charge < -0.3 is 4.90 Å². The van der Waals surface area contributed by atoms with Gasteiger partial charge in [-0.15, -0.1) is 0 Å². The van der Waals surface area contributed by atoms with Crippen molar-refractivity contribution in [3.8, 4) is 0 Å². The molecule has 0 aromatic heterocycles. The predicted molar refractivity (Wildman–Crippen MR) is 84.8 cm³/mol. The van der Waals surface area contributed by atoms with Gasteiger partial charge in [0.1, 0.15) is 0 Å². The van der Waals surface area contributed by atoms with E-state index in [1.807, 2.05) is 17.0 Å². The number of alkyl halides is 1. The summed E-state index contributed by atoms with van der Waals surface area (Å²) >= 11 is 3.42. The molecule has 3 heteroatoms. The highest BCUT2D eigenvalue weighted by Gasteiger charge is 2.16. The standard InChI is InChI=1S/C16H24BrNO/c1-13(2)18(12-6-11-17)16(19)10-9-15-8-5-4-7-14(15)3/h4-5,7-8,13H,6,9-12H2,1-3H3. The molecule has 106 valence electrons. The van der Waals surface area contributed by atoms with Crippen LogP contribution in [0.15, 0.2) is 24.3 Å². The molecule has 2 nitrogen and oxygen atoms in total. The molecule has 0 aliphatic carbocycles. The van der Waals surface area contributed by atoms with Gasteiger partial charge in [0.05, 0.1) is 0 Å². The predicted octanol–water partition coefficient (Wildman–Crippen LogP) is 3.95. The lowest BCUT2D eigenvalue weighted by Gasteiger charge is -2.26. The second kappa shape index (κ2) is 8.36. The lowest BCUT2D eigenvalue weighted by molar-refractivity contribution is -0.132. The Morgan fingerprint density at radius 1 is 1.32 bits per heavy atom. The number of halogens is 1. The van der Waals surface area contributed by atoms with Crippen molar-refractivity contribution in [2.24, 2.45) is 0 Å². The largest absolute Gasteiger partial charge is 0.340 e. The van der Waals surface area contributed by atoms with Crippen LogP contribution in [0.2, 0.25) is 0 Å². The first-order valence-electron chi connectivity index (χ1n) is 6.96. The fourth-order valence-electron chi connectivity index (χ4n) is 2.18. The second-order valence-electron chi connectivity index (χ2n) is 5.15. The molecule has 0 atom stereocenters. The number of carbonyl (C=O) groups excluding carboxylic acids is 1. The Labute approximate surface area is 125 Å². The Hall–Kier alpha value is -0.830. The average molecular weight is 326 g/mol.